The number of aromatic nitrogens is 2. The van der Waals surface area contributed by atoms with Crippen LogP contribution in [-0.2, 0) is 0 Å². The molecule has 1 amide bonds. The normalized spacial score (nSPS) is 10.9. The molecular weight excluding hydrogens is 561 g/mol. The highest BCUT2D eigenvalue weighted by atomic mass is 35.5. The number of aromatic amines is 1. The zero-order valence-corrected chi connectivity index (χ0v) is 23.9. The number of alkyl halides is 2. The number of carbonyl (C=O) groups is 1. The monoisotopic (exact) mass is 587 g/mol. The standard InChI is InChI=1S/C28H28Cl3N5OS/c1-2-4-26(38)32-20-6-3-5-18(15-20)27-34-23-9-7-19(16-24(23)35-27)28(37)33-21-8-10-25(22(31)17-21)36(13-11-29)14-12-30/h3,5-10,15-17H,2,4,11-14H2,1H3,(H,32,38)(H,33,37)(H,34,35). The van der Waals surface area contributed by atoms with Gasteiger partial charge in [0, 0.05) is 47.4 Å². The summed E-state index contributed by atoms with van der Waals surface area (Å²) in [4.78, 5) is 23.9. The number of nitrogens with one attached hydrogen (secondary N) is 3. The molecule has 38 heavy (non-hydrogen) atoms. The lowest BCUT2D eigenvalue weighted by atomic mass is 10.1. The third kappa shape index (κ3) is 6.97. The molecule has 0 aliphatic heterocycles. The number of thiocarbonyl (C=S) groups is 1. The summed E-state index contributed by atoms with van der Waals surface area (Å²) < 4.78 is 0. The molecule has 6 nitrogen and oxygen atoms in total. The van der Waals surface area contributed by atoms with Gasteiger partial charge in [0.05, 0.1) is 26.7 Å². The van der Waals surface area contributed by atoms with Crippen molar-refractivity contribution >= 4 is 86.0 Å². The van der Waals surface area contributed by atoms with Gasteiger partial charge in [0.25, 0.3) is 5.91 Å². The van der Waals surface area contributed by atoms with E-state index in [0.29, 0.717) is 52.5 Å². The van der Waals surface area contributed by atoms with E-state index >= 15 is 0 Å². The quantitative estimate of drug-likeness (QED) is 0.122. The number of fused-ring (bicyclic) bond motifs is 1. The molecule has 4 aromatic rings. The van der Waals surface area contributed by atoms with Crippen LogP contribution in [0.25, 0.3) is 22.4 Å². The Bertz CT molecular complexity index is 1440. The van der Waals surface area contributed by atoms with Crippen molar-refractivity contribution in [1.29, 1.82) is 0 Å². The Morgan fingerprint density at radius 1 is 1.00 bits per heavy atom. The van der Waals surface area contributed by atoms with E-state index in [1.807, 2.05) is 47.4 Å². The lowest BCUT2D eigenvalue weighted by Gasteiger charge is -2.24. The van der Waals surface area contributed by atoms with Crippen LogP contribution in [0.2, 0.25) is 5.02 Å². The van der Waals surface area contributed by atoms with Gasteiger partial charge in [-0.15, -0.1) is 23.2 Å². The number of anilines is 3. The van der Waals surface area contributed by atoms with E-state index in [2.05, 4.69) is 22.5 Å². The van der Waals surface area contributed by atoms with E-state index in [0.717, 1.165) is 40.3 Å². The summed E-state index contributed by atoms with van der Waals surface area (Å²) in [5.74, 6) is 1.37. The zero-order chi connectivity index (χ0) is 27.1. The first kappa shape index (κ1) is 28.2. The van der Waals surface area contributed by atoms with Gasteiger partial charge >= 0.3 is 0 Å². The van der Waals surface area contributed by atoms with Crippen molar-refractivity contribution in [3.05, 3.63) is 71.2 Å². The first-order valence-corrected chi connectivity index (χ1v) is 14.1. The predicted molar refractivity (Wildman–Crippen MR) is 166 cm³/mol. The molecule has 0 unspecified atom stereocenters. The van der Waals surface area contributed by atoms with Crippen LogP contribution in [-0.4, -0.2) is 45.7 Å². The number of H-pyrrole nitrogens is 1. The molecule has 0 fully saturated rings. The minimum absolute atomic E-state index is 0.255. The summed E-state index contributed by atoms with van der Waals surface area (Å²) in [6, 6.07) is 18.7. The molecule has 1 heterocycles. The highest BCUT2D eigenvalue weighted by Crippen LogP contribution is 2.30. The summed E-state index contributed by atoms with van der Waals surface area (Å²) in [6.45, 7) is 3.34. The zero-order valence-electron chi connectivity index (χ0n) is 20.9. The average Bonchev–Trinajstić information content (AvgIpc) is 3.33. The third-order valence-corrected chi connectivity index (χ3v) is 6.84. The number of hydrogen-bond acceptors (Lipinski definition) is 4. The molecule has 4 rings (SSSR count). The van der Waals surface area contributed by atoms with Crippen LogP contribution in [0, 0.1) is 0 Å². The van der Waals surface area contributed by atoms with Gasteiger partial charge in [0.15, 0.2) is 0 Å². The Hall–Kier alpha value is -2.84. The molecule has 3 N–H and O–H groups in total. The fraction of sp³-hybridized carbons (Fsp3) is 0.250. The summed E-state index contributed by atoms with van der Waals surface area (Å²) in [5.41, 5.74) is 5.27. The number of rotatable bonds is 11. The van der Waals surface area contributed by atoms with E-state index in [-0.39, 0.29) is 5.91 Å². The van der Waals surface area contributed by atoms with Crippen LogP contribution in [0.5, 0.6) is 0 Å². The molecule has 0 saturated heterocycles. The molecule has 0 atom stereocenters. The molecule has 1 aromatic heterocycles. The first-order valence-electron chi connectivity index (χ1n) is 12.3. The number of nitrogens with zero attached hydrogens (tertiary/aromatic N) is 2. The van der Waals surface area contributed by atoms with Gasteiger partial charge in [0.1, 0.15) is 5.82 Å². The molecule has 0 aliphatic rings. The molecule has 0 bridgehead atoms. The fourth-order valence-electron chi connectivity index (χ4n) is 4.08. The maximum Gasteiger partial charge on any atom is 0.255 e. The summed E-state index contributed by atoms with van der Waals surface area (Å²) in [5, 5.41) is 6.70. The second-order valence-corrected chi connectivity index (χ2v) is 10.3. The topological polar surface area (TPSA) is 73.1 Å². The SMILES string of the molecule is CCCC(=S)Nc1cccc(-c2nc3cc(C(=O)Nc4ccc(N(CCCl)CCCl)c(Cl)c4)ccc3[nH]2)c1. The molecule has 0 aliphatic carbocycles. The smallest absolute Gasteiger partial charge is 0.255 e. The second kappa shape index (κ2) is 13.3. The van der Waals surface area contributed by atoms with Gasteiger partial charge in [0.2, 0.25) is 0 Å². The van der Waals surface area contributed by atoms with Crippen LogP contribution in [0.15, 0.2) is 60.7 Å². The number of hydrogen-bond donors (Lipinski definition) is 3. The summed E-state index contributed by atoms with van der Waals surface area (Å²) >= 11 is 23.7. The maximum absolute atomic E-state index is 13.0. The van der Waals surface area contributed by atoms with Crippen molar-refractivity contribution in [3.8, 4) is 11.4 Å². The molecule has 0 spiro atoms. The minimum Gasteiger partial charge on any atom is -0.368 e. The van der Waals surface area contributed by atoms with Crippen molar-refractivity contribution in [2.45, 2.75) is 19.8 Å². The highest BCUT2D eigenvalue weighted by molar-refractivity contribution is 7.80. The summed E-state index contributed by atoms with van der Waals surface area (Å²) in [6.07, 6.45) is 1.83. The maximum atomic E-state index is 13.0. The first-order chi connectivity index (χ1) is 18.4. The van der Waals surface area contributed by atoms with Crippen molar-refractivity contribution in [2.24, 2.45) is 0 Å². The number of benzene rings is 3. The van der Waals surface area contributed by atoms with E-state index in [1.165, 1.54) is 0 Å². The molecule has 0 saturated carbocycles. The Kier molecular flexibility index (Phi) is 9.86. The van der Waals surface area contributed by atoms with Crippen LogP contribution in [0.4, 0.5) is 17.1 Å². The Balaban J connectivity index is 1.50. The van der Waals surface area contributed by atoms with E-state index in [4.69, 9.17) is 52.0 Å². The van der Waals surface area contributed by atoms with Crippen molar-refractivity contribution in [2.75, 3.05) is 40.4 Å². The van der Waals surface area contributed by atoms with E-state index in [9.17, 15) is 4.79 Å². The van der Waals surface area contributed by atoms with E-state index < -0.39 is 0 Å². The Morgan fingerprint density at radius 2 is 1.76 bits per heavy atom. The second-order valence-electron chi connectivity index (χ2n) is 8.68. The van der Waals surface area contributed by atoms with Crippen LogP contribution in [0.1, 0.15) is 30.1 Å². The number of carbonyl (C=O) groups excluding carboxylic acids is 1. The molecule has 198 valence electrons. The van der Waals surface area contributed by atoms with Crippen molar-refractivity contribution < 1.29 is 4.79 Å². The van der Waals surface area contributed by atoms with Gasteiger partial charge in [-0.2, -0.15) is 0 Å². The number of halogens is 3. The predicted octanol–water partition coefficient (Wildman–Crippen LogP) is 7.96. The lowest BCUT2D eigenvalue weighted by Crippen LogP contribution is -2.27. The van der Waals surface area contributed by atoms with Gasteiger partial charge < -0.3 is 20.5 Å². The van der Waals surface area contributed by atoms with Gasteiger partial charge in [-0.05, 0) is 61.4 Å². The largest absolute Gasteiger partial charge is 0.368 e. The Labute approximate surface area is 242 Å². The van der Waals surface area contributed by atoms with Crippen LogP contribution in [0.3, 0.4) is 0 Å². The average molecular weight is 589 g/mol. The van der Waals surface area contributed by atoms with Crippen LogP contribution >= 0.6 is 47.0 Å². The molecular formula is C28H28Cl3N5OS. The lowest BCUT2D eigenvalue weighted by molar-refractivity contribution is 0.102. The minimum atomic E-state index is -0.255. The van der Waals surface area contributed by atoms with Gasteiger partial charge in [-0.1, -0.05) is 42.9 Å². The summed E-state index contributed by atoms with van der Waals surface area (Å²) in [7, 11) is 0. The Morgan fingerprint density at radius 3 is 2.47 bits per heavy atom. The highest BCUT2D eigenvalue weighted by Gasteiger charge is 2.14. The fourth-order valence-corrected chi connectivity index (χ4v) is 5.11. The number of imidazole rings is 1. The van der Waals surface area contributed by atoms with E-state index in [1.54, 1.807) is 18.2 Å². The van der Waals surface area contributed by atoms with Crippen molar-refractivity contribution in [1.82, 2.24) is 9.97 Å². The van der Waals surface area contributed by atoms with Crippen molar-refractivity contribution in [3.63, 3.8) is 0 Å². The molecule has 10 heteroatoms. The number of amides is 1. The van der Waals surface area contributed by atoms with Gasteiger partial charge in [-0.3, -0.25) is 4.79 Å². The molecule has 0 radical (unpaired) electrons. The van der Waals surface area contributed by atoms with Gasteiger partial charge in [-0.25, -0.2) is 4.98 Å². The third-order valence-electron chi connectivity index (χ3n) is 5.90. The van der Waals surface area contributed by atoms with Crippen LogP contribution < -0.4 is 15.5 Å². The molecule has 3 aromatic carbocycles.